The first kappa shape index (κ1) is 15.0. The Balaban J connectivity index is 1.80. The lowest BCUT2D eigenvalue weighted by molar-refractivity contribution is -0.385. The Morgan fingerprint density at radius 3 is 2.82 bits per heavy atom. The highest BCUT2D eigenvalue weighted by Gasteiger charge is 2.37. The predicted molar refractivity (Wildman–Crippen MR) is 80.9 cm³/mol. The Morgan fingerprint density at radius 1 is 1.36 bits per heavy atom. The summed E-state index contributed by atoms with van der Waals surface area (Å²) in [6, 6.07) is 4.73. The molecule has 0 saturated carbocycles. The van der Waals surface area contributed by atoms with Crippen molar-refractivity contribution in [3.8, 4) is 0 Å². The fourth-order valence-electron chi connectivity index (χ4n) is 3.50. The average molecular weight is 304 g/mol. The van der Waals surface area contributed by atoms with Gasteiger partial charge in [-0.15, -0.1) is 0 Å². The SMILES string of the molecule is Cc1cc(C(=O)N2CCC[C@H]2[C@H]2CCCO2)ccc1[N+](=O)[O-]. The van der Waals surface area contributed by atoms with Gasteiger partial charge in [0.05, 0.1) is 17.1 Å². The molecule has 2 saturated heterocycles. The summed E-state index contributed by atoms with van der Waals surface area (Å²) >= 11 is 0. The standard InChI is InChI=1S/C16H20N2O4/c1-11-10-12(6-7-13(11)18(20)21)16(19)17-8-2-4-14(17)15-5-3-9-22-15/h6-7,10,14-15H,2-5,8-9H2,1H3/t14-,15+/m0/s1. The molecule has 22 heavy (non-hydrogen) atoms. The molecule has 0 bridgehead atoms. The Kier molecular flexibility index (Phi) is 4.11. The van der Waals surface area contributed by atoms with Crippen LogP contribution in [0.25, 0.3) is 0 Å². The molecule has 0 aromatic heterocycles. The van der Waals surface area contributed by atoms with Crippen LogP contribution in [0.5, 0.6) is 0 Å². The molecule has 6 nitrogen and oxygen atoms in total. The first-order chi connectivity index (χ1) is 10.6. The lowest BCUT2D eigenvalue weighted by Gasteiger charge is -2.29. The third kappa shape index (κ3) is 2.70. The van der Waals surface area contributed by atoms with Crippen LogP contribution >= 0.6 is 0 Å². The molecule has 2 aliphatic heterocycles. The first-order valence-corrected chi connectivity index (χ1v) is 7.75. The van der Waals surface area contributed by atoms with Crippen molar-refractivity contribution in [1.29, 1.82) is 0 Å². The molecular formula is C16H20N2O4. The summed E-state index contributed by atoms with van der Waals surface area (Å²) in [6.07, 6.45) is 4.17. The van der Waals surface area contributed by atoms with E-state index in [0.29, 0.717) is 11.1 Å². The topological polar surface area (TPSA) is 72.7 Å². The molecule has 2 atom stereocenters. The second kappa shape index (κ2) is 6.04. The van der Waals surface area contributed by atoms with E-state index in [2.05, 4.69) is 0 Å². The van der Waals surface area contributed by atoms with Crippen LogP contribution < -0.4 is 0 Å². The normalized spacial score (nSPS) is 24.7. The number of hydrogen-bond donors (Lipinski definition) is 0. The van der Waals surface area contributed by atoms with E-state index in [-0.39, 0.29) is 23.7 Å². The van der Waals surface area contributed by atoms with Gasteiger partial charge in [0.2, 0.25) is 0 Å². The van der Waals surface area contributed by atoms with Crippen LogP contribution in [0.3, 0.4) is 0 Å². The number of aryl methyl sites for hydroxylation is 1. The number of rotatable bonds is 3. The maximum absolute atomic E-state index is 12.7. The van der Waals surface area contributed by atoms with Crippen molar-refractivity contribution in [3.63, 3.8) is 0 Å². The van der Waals surface area contributed by atoms with Gasteiger partial charge in [-0.05, 0) is 44.7 Å². The zero-order chi connectivity index (χ0) is 15.7. The van der Waals surface area contributed by atoms with Gasteiger partial charge >= 0.3 is 0 Å². The van der Waals surface area contributed by atoms with Crippen LogP contribution in [0, 0.1) is 17.0 Å². The number of carbonyl (C=O) groups excluding carboxylic acids is 1. The van der Waals surface area contributed by atoms with Crippen molar-refractivity contribution >= 4 is 11.6 Å². The number of nitro benzene ring substituents is 1. The van der Waals surface area contributed by atoms with Gasteiger partial charge < -0.3 is 9.64 Å². The quantitative estimate of drug-likeness (QED) is 0.635. The maximum Gasteiger partial charge on any atom is 0.272 e. The van der Waals surface area contributed by atoms with Crippen LogP contribution in [-0.4, -0.2) is 41.0 Å². The third-order valence-electron chi connectivity index (χ3n) is 4.59. The zero-order valence-corrected chi connectivity index (χ0v) is 12.7. The maximum atomic E-state index is 12.7. The van der Waals surface area contributed by atoms with E-state index in [0.717, 1.165) is 38.8 Å². The van der Waals surface area contributed by atoms with Crippen LogP contribution in [-0.2, 0) is 4.74 Å². The molecule has 0 unspecified atom stereocenters. The molecule has 118 valence electrons. The van der Waals surface area contributed by atoms with Crippen molar-refractivity contribution < 1.29 is 14.5 Å². The number of benzene rings is 1. The fourth-order valence-corrected chi connectivity index (χ4v) is 3.50. The number of nitrogens with zero attached hydrogens (tertiary/aromatic N) is 2. The van der Waals surface area contributed by atoms with E-state index in [9.17, 15) is 14.9 Å². The Hall–Kier alpha value is -1.95. The van der Waals surface area contributed by atoms with Crippen molar-refractivity contribution in [1.82, 2.24) is 4.90 Å². The summed E-state index contributed by atoms with van der Waals surface area (Å²) in [7, 11) is 0. The lowest BCUT2D eigenvalue weighted by Crippen LogP contribution is -2.42. The average Bonchev–Trinajstić information content (AvgIpc) is 3.16. The highest BCUT2D eigenvalue weighted by atomic mass is 16.6. The van der Waals surface area contributed by atoms with Gasteiger partial charge in [0, 0.05) is 30.3 Å². The van der Waals surface area contributed by atoms with Crippen LogP contribution in [0.1, 0.15) is 41.6 Å². The van der Waals surface area contributed by atoms with E-state index >= 15 is 0 Å². The van der Waals surface area contributed by atoms with Gasteiger partial charge in [0.15, 0.2) is 0 Å². The number of amides is 1. The fraction of sp³-hybridized carbons (Fsp3) is 0.562. The molecule has 1 amide bonds. The van der Waals surface area contributed by atoms with Crippen molar-refractivity contribution in [2.75, 3.05) is 13.2 Å². The van der Waals surface area contributed by atoms with E-state index < -0.39 is 4.92 Å². The van der Waals surface area contributed by atoms with Crippen LogP contribution in [0.4, 0.5) is 5.69 Å². The molecule has 2 fully saturated rings. The summed E-state index contributed by atoms with van der Waals surface area (Å²) in [6.45, 7) is 3.18. The highest BCUT2D eigenvalue weighted by Crippen LogP contribution is 2.29. The monoisotopic (exact) mass is 304 g/mol. The number of hydrogen-bond acceptors (Lipinski definition) is 4. The summed E-state index contributed by atoms with van der Waals surface area (Å²) in [5.74, 6) is -0.0454. The molecule has 2 aliphatic rings. The van der Waals surface area contributed by atoms with E-state index in [4.69, 9.17) is 4.74 Å². The summed E-state index contributed by atoms with van der Waals surface area (Å²) in [5, 5.41) is 10.9. The number of likely N-dealkylation sites (tertiary alicyclic amines) is 1. The van der Waals surface area contributed by atoms with Crippen molar-refractivity contribution in [2.45, 2.75) is 44.8 Å². The molecule has 0 spiro atoms. The number of ether oxygens (including phenoxy) is 1. The van der Waals surface area contributed by atoms with E-state index in [1.54, 1.807) is 19.1 Å². The Labute approximate surface area is 129 Å². The zero-order valence-electron chi connectivity index (χ0n) is 12.7. The van der Waals surface area contributed by atoms with Gasteiger partial charge in [-0.2, -0.15) is 0 Å². The highest BCUT2D eigenvalue weighted by molar-refractivity contribution is 5.95. The van der Waals surface area contributed by atoms with E-state index in [1.807, 2.05) is 4.90 Å². The minimum absolute atomic E-state index is 0.0454. The van der Waals surface area contributed by atoms with Crippen molar-refractivity contribution in [3.05, 3.63) is 39.4 Å². The summed E-state index contributed by atoms with van der Waals surface area (Å²) < 4.78 is 5.74. The second-order valence-electron chi connectivity index (χ2n) is 6.02. The van der Waals surface area contributed by atoms with Crippen molar-refractivity contribution in [2.24, 2.45) is 0 Å². The van der Waals surface area contributed by atoms with Crippen LogP contribution in [0.15, 0.2) is 18.2 Å². The minimum Gasteiger partial charge on any atom is -0.376 e. The van der Waals surface area contributed by atoms with Gasteiger partial charge in [-0.3, -0.25) is 14.9 Å². The van der Waals surface area contributed by atoms with Gasteiger partial charge in [-0.25, -0.2) is 0 Å². The lowest BCUT2D eigenvalue weighted by atomic mass is 10.0. The molecule has 3 rings (SSSR count). The first-order valence-electron chi connectivity index (χ1n) is 7.75. The number of nitro groups is 1. The molecule has 0 radical (unpaired) electrons. The molecule has 1 aromatic rings. The minimum atomic E-state index is -0.422. The molecule has 2 heterocycles. The summed E-state index contributed by atoms with van der Waals surface area (Å²) in [5.41, 5.74) is 1.09. The van der Waals surface area contributed by atoms with E-state index in [1.165, 1.54) is 6.07 Å². The van der Waals surface area contributed by atoms with Crippen LogP contribution in [0.2, 0.25) is 0 Å². The molecule has 0 aliphatic carbocycles. The molecule has 1 aromatic carbocycles. The predicted octanol–water partition coefficient (Wildman–Crippen LogP) is 2.69. The van der Waals surface area contributed by atoms with Gasteiger partial charge in [0.1, 0.15) is 0 Å². The Bertz CT molecular complexity index is 596. The molecular weight excluding hydrogens is 284 g/mol. The van der Waals surface area contributed by atoms with Gasteiger partial charge in [0.25, 0.3) is 11.6 Å². The Morgan fingerprint density at radius 2 is 2.18 bits per heavy atom. The number of carbonyl (C=O) groups is 1. The largest absolute Gasteiger partial charge is 0.376 e. The third-order valence-corrected chi connectivity index (χ3v) is 4.59. The molecule has 6 heteroatoms. The summed E-state index contributed by atoms with van der Waals surface area (Å²) in [4.78, 5) is 25.1. The van der Waals surface area contributed by atoms with Gasteiger partial charge in [-0.1, -0.05) is 0 Å². The molecule has 0 N–H and O–H groups in total. The smallest absolute Gasteiger partial charge is 0.272 e. The second-order valence-corrected chi connectivity index (χ2v) is 6.02.